The average molecular weight is 491 g/mol. The largest absolute Gasteiger partial charge is 0.494 e. The first-order valence-electron chi connectivity index (χ1n) is 12.1. The maximum absolute atomic E-state index is 12.2. The molecule has 2 saturated carbocycles. The minimum atomic E-state index is -0.634. The van der Waals surface area contributed by atoms with E-state index in [1.165, 1.54) is 6.20 Å². The highest BCUT2D eigenvalue weighted by Gasteiger charge is 2.31. The SMILES string of the molecule is COc1c(Nc2cc(NC(=O)C3CC3)ncc2C(N)=O)cccc1-c1cnn([C@H]2CCC[C@H]2OC)c1. The minimum Gasteiger partial charge on any atom is -0.494 e. The standard InChI is InChI=1S/C26H30N6O4/c1-35-22-8-4-7-21(22)32-14-16(12-29-32)17-5-3-6-19(24(17)36-2)30-20-11-23(28-13-18(20)25(27)33)31-26(34)15-9-10-15/h3,5-6,11-15,21-22H,4,7-10H2,1-2H3,(H2,27,33)(H2,28,30,31,34)/t21-,22+/m0/s1. The average Bonchev–Trinajstić information content (AvgIpc) is 3.42. The first kappa shape index (κ1) is 23.8. The van der Waals surface area contributed by atoms with Gasteiger partial charge < -0.3 is 25.8 Å². The number of hydrogen-bond acceptors (Lipinski definition) is 7. The molecule has 10 heteroatoms. The van der Waals surface area contributed by atoms with Crippen molar-refractivity contribution in [3.8, 4) is 16.9 Å². The van der Waals surface area contributed by atoms with Gasteiger partial charge in [-0.15, -0.1) is 0 Å². The van der Waals surface area contributed by atoms with Gasteiger partial charge in [-0.25, -0.2) is 4.98 Å². The number of carbonyl (C=O) groups is 2. The van der Waals surface area contributed by atoms with E-state index in [1.54, 1.807) is 20.3 Å². The fourth-order valence-corrected chi connectivity index (χ4v) is 4.77. The molecule has 0 spiro atoms. The number of amides is 2. The summed E-state index contributed by atoms with van der Waals surface area (Å²) in [4.78, 5) is 28.5. The van der Waals surface area contributed by atoms with Crippen LogP contribution in [-0.2, 0) is 9.53 Å². The van der Waals surface area contributed by atoms with Gasteiger partial charge in [0.25, 0.3) is 5.91 Å². The minimum absolute atomic E-state index is 0.0279. The second-order valence-electron chi connectivity index (χ2n) is 9.24. The number of ether oxygens (including phenoxy) is 2. The number of rotatable bonds is 9. The number of hydrogen-bond donors (Lipinski definition) is 3. The maximum atomic E-state index is 12.2. The van der Waals surface area contributed by atoms with Crippen LogP contribution in [0.5, 0.6) is 5.75 Å². The van der Waals surface area contributed by atoms with Gasteiger partial charge in [-0.05, 0) is 38.2 Å². The predicted octanol–water partition coefficient (Wildman–Crippen LogP) is 3.88. The molecule has 3 aromatic rings. The Morgan fingerprint density at radius 2 is 1.94 bits per heavy atom. The predicted molar refractivity (Wildman–Crippen MR) is 135 cm³/mol. The summed E-state index contributed by atoms with van der Waals surface area (Å²) in [6.07, 6.45) is 10.3. The summed E-state index contributed by atoms with van der Waals surface area (Å²) in [5, 5.41) is 10.7. The fourth-order valence-electron chi connectivity index (χ4n) is 4.77. The molecule has 0 saturated heterocycles. The summed E-state index contributed by atoms with van der Waals surface area (Å²) in [5.41, 5.74) is 8.59. The number of pyridine rings is 1. The lowest BCUT2D eigenvalue weighted by molar-refractivity contribution is -0.117. The van der Waals surface area contributed by atoms with Gasteiger partial charge >= 0.3 is 0 Å². The lowest BCUT2D eigenvalue weighted by Crippen LogP contribution is -2.20. The summed E-state index contributed by atoms with van der Waals surface area (Å²) in [6.45, 7) is 0. The summed E-state index contributed by atoms with van der Waals surface area (Å²) in [6, 6.07) is 7.51. The van der Waals surface area contributed by atoms with Crippen molar-refractivity contribution in [3.63, 3.8) is 0 Å². The number of carbonyl (C=O) groups excluding carboxylic acids is 2. The molecule has 0 radical (unpaired) electrons. The number of nitrogens with zero attached hydrogens (tertiary/aromatic N) is 3. The third-order valence-electron chi connectivity index (χ3n) is 6.83. The van der Waals surface area contributed by atoms with Crippen molar-refractivity contribution in [2.75, 3.05) is 24.9 Å². The zero-order chi connectivity index (χ0) is 25.2. The van der Waals surface area contributed by atoms with E-state index in [1.807, 2.05) is 35.3 Å². The smallest absolute Gasteiger partial charge is 0.252 e. The van der Waals surface area contributed by atoms with E-state index in [9.17, 15) is 9.59 Å². The molecule has 10 nitrogen and oxygen atoms in total. The first-order valence-corrected chi connectivity index (χ1v) is 12.1. The van der Waals surface area contributed by atoms with E-state index in [2.05, 4.69) is 20.7 Å². The molecule has 0 bridgehead atoms. The van der Waals surface area contributed by atoms with Crippen LogP contribution in [0.1, 0.15) is 48.5 Å². The van der Waals surface area contributed by atoms with E-state index in [4.69, 9.17) is 15.2 Å². The second-order valence-corrected chi connectivity index (χ2v) is 9.24. The van der Waals surface area contributed by atoms with Gasteiger partial charge in [0.2, 0.25) is 5.91 Å². The van der Waals surface area contributed by atoms with Gasteiger partial charge in [0.1, 0.15) is 11.6 Å². The quantitative estimate of drug-likeness (QED) is 0.414. The Bertz CT molecular complexity index is 1290. The lowest BCUT2D eigenvalue weighted by atomic mass is 10.1. The molecule has 0 unspecified atom stereocenters. The van der Waals surface area contributed by atoms with Gasteiger partial charge in [0.15, 0.2) is 0 Å². The van der Waals surface area contributed by atoms with Crippen LogP contribution in [0.4, 0.5) is 17.2 Å². The lowest BCUT2D eigenvalue weighted by Gasteiger charge is -2.18. The molecule has 2 amide bonds. The molecule has 2 aliphatic carbocycles. The Labute approximate surface area is 209 Å². The third kappa shape index (κ3) is 4.76. The Balaban J connectivity index is 1.45. The summed E-state index contributed by atoms with van der Waals surface area (Å²) < 4.78 is 13.4. The van der Waals surface area contributed by atoms with Crippen LogP contribution in [0.15, 0.2) is 42.9 Å². The van der Waals surface area contributed by atoms with E-state index < -0.39 is 5.91 Å². The van der Waals surface area contributed by atoms with Crippen molar-refractivity contribution in [3.05, 3.63) is 48.4 Å². The Morgan fingerprint density at radius 3 is 2.67 bits per heavy atom. The highest BCUT2D eigenvalue weighted by Crippen LogP contribution is 2.40. The van der Waals surface area contributed by atoms with Gasteiger partial charge in [0, 0.05) is 42.6 Å². The summed E-state index contributed by atoms with van der Waals surface area (Å²) in [7, 11) is 3.34. The molecule has 2 heterocycles. The van der Waals surface area contributed by atoms with Crippen molar-refractivity contribution in [1.29, 1.82) is 0 Å². The van der Waals surface area contributed by atoms with E-state index in [0.29, 0.717) is 22.9 Å². The monoisotopic (exact) mass is 490 g/mol. The molecular formula is C26H30N6O4. The molecule has 2 aliphatic rings. The molecule has 188 valence electrons. The molecule has 1 aromatic carbocycles. The Hall–Kier alpha value is -3.92. The molecule has 2 aromatic heterocycles. The highest BCUT2D eigenvalue weighted by atomic mass is 16.5. The van der Waals surface area contributed by atoms with Gasteiger partial charge in [-0.1, -0.05) is 12.1 Å². The van der Waals surface area contributed by atoms with Crippen molar-refractivity contribution < 1.29 is 19.1 Å². The number of para-hydroxylation sites is 1. The second kappa shape index (κ2) is 9.98. The van der Waals surface area contributed by atoms with Crippen LogP contribution in [0.25, 0.3) is 11.1 Å². The fraction of sp³-hybridized carbons (Fsp3) is 0.385. The van der Waals surface area contributed by atoms with Gasteiger partial charge in [-0.3, -0.25) is 14.3 Å². The van der Waals surface area contributed by atoms with Crippen LogP contribution in [0.2, 0.25) is 0 Å². The van der Waals surface area contributed by atoms with Crippen molar-refractivity contribution in [2.24, 2.45) is 11.7 Å². The molecule has 2 fully saturated rings. The van der Waals surface area contributed by atoms with Gasteiger partial charge in [-0.2, -0.15) is 5.10 Å². The zero-order valence-corrected chi connectivity index (χ0v) is 20.4. The number of anilines is 3. The van der Waals surface area contributed by atoms with E-state index in [-0.39, 0.29) is 29.5 Å². The Morgan fingerprint density at radius 1 is 1.11 bits per heavy atom. The number of nitrogens with one attached hydrogen (secondary N) is 2. The van der Waals surface area contributed by atoms with Crippen molar-refractivity contribution >= 4 is 29.0 Å². The van der Waals surface area contributed by atoms with Crippen LogP contribution >= 0.6 is 0 Å². The number of primary amides is 1. The molecule has 36 heavy (non-hydrogen) atoms. The molecule has 5 rings (SSSR count). The van der Waals surface area contributed by atoms with E-state index in [0.717, 1.165) is 43.2 Å². The van der Waals surface area contributed by atoms with Crippen molar-refractivity contribution in [2.45, 2.75) is 44.2 Å². The molecule has 0 aliphatic heterocycles. The van der Waals surface area contributed by atoms with Crippen LogP contribution in [-0.4, -0.2) is 46.9 Å². The Kier molecular flexibility index (Phi) is 6.60. The van der Waals surface area contributed by atoms with Crippen LogP contribution in [0, 0.1) is 5.92 Å². The number of aromatic nitrogens is 3. The van der Waals surface area contributed by atoms with E-state index >= 15 is 0 Å². The number of benzene rings is 1. The first-order chi connectivity index (χ1) is 17.5. The summed E-state index contributed by atoms with van der Waals surface area (Å²) >= 11 is 0. The maximum Gasteiger partial charge on any atom is 0.252 e. The van der Waals surface area contributed by atoms with Crippen molar-refractivity contribution in [1.82, 2.24) is 14.8 Å². The summed E-state index contributed by atoms with van der Waals surface area (Å²) in [5.74, 6) is 0.253. The molecule has 2 atom stereocenters. The van der Waals surface area contributed by atoms with Crippen LogP contribution in [0.3, 0.4) is 0 Å². The van der Waals surface area contributed by atoms with Gasteiger partial charge in [0.05, 0.1) is 42.4 Å². The normalized spacial score (nSPS) is 19.2. The third-order valence-corrected chi connectivity index (χ3v) is 6.83. The van der Waals surface area contributed by atoms with Crippen LogP contribution < -0.4 is 21.1 Å². The number of methoxy groups -OCH3 is 2. The topological polar surface area (TPSA) is 133 Å². The highest BCUT2D eigenvalue weighted by molar-refractivity contribution is 6.01. The molecule has 4 N–H and O–H groups in total. The molecular weight excluding hydrogens is 460 g/mol. The number of nitrogens with two attached hydrogens (primary N) is 1. The zero-order valence-electron chi connectivity index (χ0n) is 20.4.